The highest BCUT2D eigenvalue weighted by atomic mass is 16.3. The number of aliphatic hydroxyl groups excluding tert-OH is 1. The molecular weight excluding hydrogens is 114 g/mol. The minimum Gasteiger partial charge on any atom is -0.390 e. The molecule has 0 aromatic heterocycles. The van der Waals surface area contributed by atoms with Crippen molar-refractivity contribution in [3.05, 3.63) is 0 Å². The van der Waals surface area contributed by atoms with Crippen molar-refractivity contribution in [2.75, 3.05) is 20.1 Å². The number of likely N-dealkylation sites (tertiary alicyclic amines) is 1. The fourth-order valence-corrected chi connectivity index (χ4v) is 1.14. The van der Waals surface area contributed by atoms with Gasteiger partial charge in [-0.1, -0.05) is 5.92 Å². The van der Waals surface area contributed by atoms with E-state index in [9.17, 15) is 5.11 Å². The molecule has 1 aliphatic rings. The maximum Gasteiger partial charge on any atom is 0.0816 e. The van der Waals surface area contributed by atoms with Crippen LogP contribution in [-0.2, 0) is 0 Å². The predicted molar refractivity (Wildman–Crippen MR) is 35.8 cm³/mol. The van der Waals surface area contributed by atoms with E-state index in [1.807, 2.05) is 11.9 Å². The van der Waals surface area contributed by atoms with Gasteiger partial charge in [-0.2, -0.15) is 0 Å². The topological polar surface area (TPSA) is 23.5 Å². The van der Waals surface area contributed by atoms with Crippen LogP contribution >= 0.6 is 0 Å². The number of β-amino-alcohol motifs (C(OH)–C–C–N with tert-alkyl or cyclic N) is 1. The Balaban J connectivity index is 2.50. The van der Waals surface area contributed by atoms with Crippen LogP contribution < -0.4 is 0 Å². The molecule has 0 bridgehead atoms. The average Bonchev–Trinajstić information content (AvgIpc) is 2.10. The molecule has 0 aliphatic carbocycles. The fourth-order valence-electron chi connectivity index (χ4n) is 1.14. The van der Waals surface area contributed by atoms with Crippen LogP contribution in [-0.4, -0.2) is 36.2 Å². The van der Waals surface area contributed by atoms with Crippen molar-refractivity contribution < 1.29 is 5.11 Å². The molecule has 50 valence electrons. The smallest absolute Gasteiger partial charge is 0.0816 e. The molecule has 0 aromatic carbocycles. The van der Waals surface area contributed by atoms with Crippen LogP contribution in [0.2, 0.25) is 0 Å². The highest BCUT2D eigenvalue weighted by Gasteiger charge is 2.26. The molecule has 0 amide bonds. The molecule has 1 saturated heterocycles. The van der Waals surface area contributed by atoms with Crippen LogP contribution in [0, 0.1) is 18.3 Å². The normalized spacial score (nSPS) is 36.6. The zero-order valence-corrected chi connectivity index (χ0v) is 5.54. The maximum absolute atomic E-state index is 9.18. The number of nitrogens with zero attached hydrogens (tertiary/aromatic N) is 1. The molecule has 0 spiro atoms. The third-order valence-corrected chi connectivity index (χ3v) is 1.69. The third kappa shape index (κ3) is 1.24. The van der Waals surface area contributed by atoms with Crippen molar-refractivity contribution >= 4 is 0 Å². The SMILES string of the molecule is C#C[C@@H]1CN(C)C[C@H]1O. The third-order valence-electron chi connectivity index (χ3n) is 1.69. The first-order chi connectivity index (χ1) is 4.24. The summed E-state index contributed by atoms with van der Waals surface area (Å²) in [6.45, 7) is 1.55. The largest absolute Gasteiger partial charge is 0.390 e. The molecular formula is C7H11NO. The van der Waals surface area contributed by atoms with Gasteiger partial charge in [0.05, 0.1) is 12.0 Å². The van der Waals surface area contributed by atoms with Crippen molar-refractivity contribution in [1.29, 1.82) is 0 Å². The van der Waals surface area contributed by atoms with Crippen molar-refractivity contribution in [1.82, 2.24) is 4.90 Å². The lowest BCUT2D eigenvalue weighted by molar-refractivity contribution is 0.163. The van der Waals surface area contributed by atoms with E-state index in [2.05, 4.69) is 5.92 Å². The van der Waals surface area contributed by atoms with Gasteiger partial charge in [0.15, 0.2) is 0 Å². The lowest BCUT2D eigenvalue weighted by Crippen LogP contribution is -2.16. The minimum atomic E-state index is -0.306. The van der Waals surface area contributed by atoms with E-state index in [1.165, 1.54) is 0 Å². The van der Waals surface area contributed by atoms with Crippen LogP contribution in [0.1, 0.15) is 0 Å². The van der Waals surface area contributed by atoms with Gasteiger partial charge in [0.2, 0.25) is 0 Å². The molecule has 1 aliphatic heterocycles. The van der Waals surface area contributed by atoms with Gasteiger partial charge in [-0.05, 0) is 7.05 Å². The van der Waals surface area contributed by atoms with Crippen LogP contribution in [0.3, 0.4) is 0 Å². The van der Waals surface area contributed by atoms with Crippen molar-refractivity contribution in [2.24, 2.45) is 5.92 Å². The molecule has 2 heteroatoms. The molecule has 0 unspecified atom stereocenters. The first kappa shape index (κ1) is 6.60. The maximum atomic E-state index is 9.18. The second kappa shape index (κ2) is 2.38. The monoisotopic (exact) mass is 125 g/mol. The molecule has 9 heavy (non-hydrogen) atoms. The molecule has 0 saturated carbocycles. The van der Waals surface area contributed by atoms with E-state index in [-0.39, 0.29) is 12.0 Å². The van der Waals surface area contributed by atoms with E-state index in [4.69, 9.17) is 6.42 Å². The van der Waals surface area contributed by atoms with Gasteiger partial charge in [0, 0.05) is 13.1 Å². The van der Waals surface area contributed by atoms with Crippen molar-refractivity contribution in [3.8, 4) is 12.3 Å². The first-order valence-corrected chi connectivity index (χ1v) is 3.07. The zero-order chi connectivity index (χ0) is 6.85. The molecule has 0 aromatic rings. The van der Waals surface area contributed by atoms with Gasteiger partial charge in [0.25, 0.3) is 0 Å². The Kier molecular flexibility index (Phi) is 1.75. The van der Waals surface area contributed by atoms with Gasteiger partial charge < -0.3 is 10.0 Å². The second-order valence-corrected chi connectivity index (χ2v) is 2.56. The lowest BCUT2D eigenvalue weighted by Gasteiger charge is -2.02. The quantitative estimate of drug-likeness (QED) is 0.443. The van der Waals surface area contributed by atoms with Gasteiger partial charge in [-0.15, -0.1) is 6.42 Å². The Morgan fingerprint density at radius 3 is 2.56 bits per heavy atom. The van der Waals surface area contributed by atoms with Crippen LogP contribution in [0.4, 0.5) is 0 Å². The second-order valence-electron chi connectivity index (χ2n) is 2.56. The van der Waals surface area contributed by atoms with Gasteiger partial charge in [-0.3, -0.25) is 0 Å². The molecule has 1 rings (SSSR count). The van der Waals surface area contributed by atoms with E-state index >= 15 is 0 Å². The highest BCUT2D eigenvalue weighted by Crippen LogP contribution is 2.13. The fraction of sp³-hybridized carbons (Fsp3) is 0.714. The van der Waals surface area contributed by atoms with E-state index in [1.54, 1.807) is 0 Å². The number of aliphatic hydroxyl groups is 1. The summed E-state index contributed by atoms with van der Waals surface area (Å²) in [5.74, 6) is 2.60. The predicted octanol–water partition coefficient (Wildman–Crippen LogP) is -0.458. The number of hydrogen-bond donors (Lipinski definition) is 1. The van der Waals surface area contributed by atoms with Crippen LogP contribution in [0.25, 0.3) is 0 Å². The highest BCUT2D eigenvalue weighted by molar-refractivity contribution is 5.02. The molecule has 1 fully saturated rings. The van der Waals surface area contributed by atoms with Crippen LogP contribution in [0.15, 0.2) is 0 Å². The Bertz CT molecular complexity index is 138. The summed E-state index contributed by atoms with van der Waals surface area (Å²) in [7, 11) is 1.96. The molecule has 2 atom stereocenters. The van der Waals surface area contributed by atoms with E-state index < -0.39 is 0 Å². The molecule has 1 N–H and O–H groups in total. The Labute approximate surface area is 55.5 Å². The summed E-state index contributed by atoms with van der Waals surface area (Å²) in [5.41, 5.74) is 0. The zero-order valence-electron chi connectivity index (χ0n) is 5.54. The number of terminal acetylenes is 1. The van der Waals surface area contributed by atoms with E-state index in [0.29, 0.717) is 0 Å². The van der Waals surface area contributed by atoms with E-state index in [0.717, 1.165) is 13.1 Å². The summed E-state index contributed by atoms with van der Waals surface area (Å²) in [6.07, 6.45) is 4.84. The number of rotatable bonds is 0. The Hall–Kier alpha value is -0.520. The summed E-state index contributed by atoms with van der Waals surface area (Å²) in [5, 5.41) is 9.18. The standard InChI is InChI=1S/C7H11NO/c1-3-6-4-8(2)5-7(6)9/h1,6-7,9H,4-5H2,2H3/t6-,7-/m1/s1. The Morgan fingerprint density at radius 2 is 2.33 bits per heavy atom. The summed E-state index contributed by atoms with van der Waals surface area (Å²) < 4.78 is 0. The lowest BCUT2D eigenvalue weighted by atomic mass is 10.1. The van der Waals surface area contributed by atoms with Crippen molar-refractivity contribution in [3.63, 3.8) is 0 Å². The van der Waals surface area contributed by atoms with Gasteiger partial charge in [-0.25, -0.2) is 0 Å². The summed E-state index contributed by atoms with van der Waals surface area (Å²) >= 11 is 0. The summed E-state index contributed by atoms with van der Waals surface area (Å²) in [6, 6.07) is 0. The van der Waals surface area contributed by atoms with Gasteiger partial charge >= 0.3 is 0 Å². The first-order valence-electron chi connectivity index (χ1n) is 3.07. The van der Waals surface area contributed by atoms with Crippen molar-refractivity contribution in [2.45, 2.75) is 6.10 Å². The Morgan fingerprint density at radius 1 is 1.67 bits per heavy atom. The number of likely N-dealkylation sites (N-methyl/N-ethyl adjacent to an activating group) is 1. The molecule has 0 radical (unpaired) electrons. The minimum absolute atomic E-state index is 0.0509. The summed E-state index contributed by atoms with van der Waals surface area (Å²) in [4.78, 5) is 2.04. The molecule has 1 heterocycles. The number of hydrogen-bond acceptors (Lipinski definition) is 2. The van der Waals surface area contributed by atoms with Gasteiger partial charge in [0.1, 0.15) is 0 Å². The molecule has 2 nitrogen and oxygen atoms in total. The average molecular weight is 125 g/mol. The van der Waals surface area contributed by atoms with Crippen LogP contribution in [0.5, 0.6) is 0 Å².